The van der Waals surface area contributed by atoms with Gasteiger partial charge in [0.25, 0.3) is 0 Å². The van der Waals surface area contributed by atoms with Crippen LogP contribution in [-0.4, -0.2) is 41.6 Å². The number of hydrogen-bond donors (Lipinski definition) is 2. The number of nitrogens with one attached hydrogen (secondary N) is 1. The molecule has 1 aromatic rings. The summed E-state index contributed by atoms with van der Waals surface area (Å²) < 4.78 is 0. The van der Waals surface area contributed by atoms with Crippen molar-refractivity contribution in [3.63, 3.8) is 0 Å². The van der Waals surface area contributed by atoms with Gasteiger partial charge in [-0.2, -0.15) is 0 Å². The number of benzene rings is 1. The number of nitrogens with zero attached hydrogens (tertiary/aromatic N) is 1. The van der Waals surface area contributed by atoms with Crippen LogP contribution in [0.4, 0.5) is 4.79 Å². The summed E-state index contributed by atoms with van der Waals surface area (Å²) in [5.41, 5.74) is 1.19. The summed E-state index contributed by atoms with van der Waals surface area (Å²) in [6, 6.07) is 9.96. The van der Waals surface area contributed by atoms with Crippen LogP contribution >= 0.6 is 0 Å². The second kappa shape index (κ2) is 8.96. The van der Waals surface area contributed by atoms with Crippen molar-refractivity contribution >= 4 is 12.0 Å². The van der Waals surface area contributed by atoms with Crippen LogP contribution in [0.3, 0.4) is 0 Å². The summed E-state index contributed by atoms with van der Waals surface area (Å²) in [7, 11) is 0. The van der Waals surface area contributed by atoms with Crippen LogP contribution < -0.4 is 5.32 Å². The molecule has 0 saturated heterocycles. The van der Waals surface area contributed by atoms with E-state index in [-0.39, 0.29) is 5.91 Å². The first kappa shape index (κ1) is 16.0. The first-order valence-electron chi connectivity index (χ1n) is 6.92. The van der Waals surface area contributed by atoms with Crippen molar-refractivity contribution in [3.05, 3.63) is 35.9 Å². The van der Waals surface area contributed by atoms with E-state index in [4.69, 9.17) is 5.11 Å². The standard InChI is InChI=1S/C15H22N2O3/c1-2-17(15(19)20)12-6-9-14(18)16-11-10-13-7-4-3-5-8-13/h3-5,7-8H,2,6,9-12H2,1H3,(H,16,18)(H,19,20). The molecule has 0 radical (unpaired) electrons. The Labute approximate surface area is 119 Å². The van der Waals surface area contributed by atoms with Gasteiger partial charge in [0.15, 0.2) is 0 Å². The number of carbonyl (C=O) groups is 2. The second-order valence-corrected chi connectivity index (χ2v) is 4.55. The summed E-state index contributed by atoms with van der Waals surface area (Å²) in [5, 5.41) is 11.7. The van der Waals surface area contributed by atoms with E-state index in [0.717, 1.165) is 6.42 Å². The van der Waals surface area contributed by atoms with E-state index in [9.17, 15) is 9.59 Å². The average Bonchev–Trinajstić information content (AvgIpc) is 2.44. The molecule has 0 heterocycles. The molecule has 5 heteroatoms. The topological polar surface area (TPSA) is 69.6 Å². The first-order valence-corrected chi connectivity index (χ1v) is 6.92. The van der Waals surface area contributed by atoms with Crippen LogP contribution in [0.5, 0.6) is 0 Å². The van der Waals surface area contributed by atoms with Crippen molar-refractivity contribution in [1.29, 1.82) is 0 Å². The molecular weight excluding hydrogens is 256 g/mol. The smallest absolute Gasteiger partial charge is 0.407 e. The summed E-state index contributed by atoms with van der Waals surface area (Å²) in [4.78, 5) is 23.7. The summed E-state index contributed by atoms with van der Waals surface area (Å²) in [5.74, 6) is -0.0256. The molecule has 2 amide bonds. The van der Waals surface area contributed by atoms with Crippen LogP contribution in [-0.2, 0) is 11.2 Å². The quantitative estimate of drug-likeness (QED) is 0.765. The molecule has 0 atom stereocenters. The Bertz CT molecular complexity index is 420. The van der Waals surface area contributed by atoms with Gasteiger partial charge >= 0.3 is 6.09 Å². The van der Waals surface area contributed by atoms with Gasteiger partial charge in [-0.25, -0.2) is 4.79 Å². The molecule has 0 aliphatic rings. The van der Waals surface area contributed by atoms with E-state index in [0.29, 0.717) is 32.5 Å². The fourth-order valence-electron chi connectivity index (χ4n) is 1.90. The number of amides is 2. The highest BCUT2D eigenvalue weighted by Gasteiger charge is 2.09. The average molecular weight is 278 g/mol. The predicted octanol–water partition coefficient (Wildman–Crippen LogP) is 2.13. The summed E-state index contributed by atoms with van der Waals surface area (Å²) >= 11 is 0. The van der Waals surface area contributed by atoms with Crippen LogP contribution in [0.1, 0.15) is 25.3 Å². The minimum Gasteiger partial charge on any atom is -0.465 e. The summed E-state index contributed by atoms with van der Waals surface area (Å²) in [6.45, 7) is 3.25. The predicted molar refractivity (Wildman–Crippen MR) is 77.7 cm³/mol. The highest BCUT2D eigenvalue weighted by molar-refractivity contribution is 5.75. The Kier molecular flexibility index (Phi) is 7.17. The van der Waals surface area contributed by atoms with Crippen molar-refractivity contribution in [2.24, 2.45) is 0 Å². The Balaban J connectivity index is 2.13. The molecule has 0 fully saturated rings. The van der Waals surface area contributed by atoms with Crippen molar-refractivity contribution < 1.29 is 14.7 Å². The van der Waals surface area contributed by atoms with Crippen molar-refractivity contribution in [2.45, 2.75) is 26.2 Å². The zero-order valence-corrected chi connectivity index (χ0v) is 11.8. The number of carbonyl (C=O) groups excluding carboxylic acids is 1. The first-order chi connectivity index (χ1) is 9.63. The van der Waals surface area contributed by atoms with Gasteiger partial charge in [0, 0.05) is 26.1 Å². The minimum atomic E-state index is -0.933. The van der Waals surface area contributed by atoms with Crippen LogP contribution in [0.2, 0.25) is 0 Å². The van der Waals surface area contributed by atoms with Gasteiger partial charge < -0.3 is 15.3 Å². The second-order valence-electron chi connectivity index (χ2n) is 4.55. The van der Waals surface area contributed by atoms with Crippen LogP contribution in [0.25, 0.3) is 0 Å². The van der Waals surface area contributed by atoms with Crippen molar-refractivity contribution in [1.82, 2.24) is 10.2 Å². The van der Waals surface area contributed by atoms with Crippen molar-refractivity contribution in [2.75, 3.05) is 19.6 Å². The molecule has 1 aromatic carbocycles. The molecule has 5 nitrogen and oxygen atoms in total. The molecule has 0 spiro atoms. The molecule has 0 aliphatic carbocycles. The van der Waals surface area contributed by atoms with Crippen LogP contribution in [0.15, 0.2) is 30.3 Å². The number of hydrogen-bond acceptors (Lipinski definition) is 2. The zero-order valence-electron chi connectivity index (χ0n) is 11.8. The number of rotatable bonds is 8. The Morgan fingerprint density at radius 1 is 1.25 bits per heavy atom. The zero-order chi connectivity index (χ0) is 14.8. The molecule has 0 aromatic heterocycles. The highest BCUT2D eigenvalue weighted by Crippen LogP contribution is 1.99. The maximum absolute atomic E-state index is 11.6. The molecule has 0 aliphatic heterocycles. The normalized spacial score (nSPS) is 10.1. The molecule has 0 bridgehead atoms. The van der Waals surface area contributed by atoms with E-state index in [2.05, 4.69) is 5.32 Å². The lowest BCUT2D eigenvalue weighted by atomic mass is 10.1. The Morgan fingerprint density at radius 3 is 2.55 bits per heavy atom. The van der Waals surface area contributed by atoms with Gasteiger partial charge in [-0.15, -0.1) is 0 Å². The Morgan fingerprint density at radius 2 is 1.95 bits per heavy atom. The molecule has 20 heavy (non-hydrogen) atoms. The molecule has 0 saturated carbocycles. The maximum atomic E-state index is 11.6. The van der Waals surface area contributed by atoms with Crippen LogP contribution in [0, 0.1) is 0 Å². The van der Waals surface area contributed by atoms with E-state index >= 15 is 0 Å². The molecule has 110 valence electrons. The van der Waals surface area contributed by atoms with Gasteiger partial charge in [0.05, 0.1) is 0 Å². The Hall–Kier alpha value is -2.04. The van der Waals surface area contributed by atoms with Crippen molar-refractivity contribution in [3.8, 4) is 0 Å². The molecule has 1 rings (SSSR count). The largest absolute Gasteiger partial charge is 0.465 e. The summed E-state index contributed by atoms with van der Waals surface area (Å²) in [6.07, 6.45) is 0.788. The molecule has 0 unspecified atom stereocenters. The lowest BCUT2D eigenvalue weighted by Gasteiger charge is -2.16. The third-order valence-electron chi connectivity index (χ3n) is 3.06. The van der Waals surface area contributed by atoms with Gasteiger partial charge in [-0.1, -0.05) is 30.3 Å². The lowest BCUT2D eigenvalue weighted by molar-refractivity contribution is -0.121. The fourth-order valence-corrected chi connectivity index (χ4v) is 1.90. The van der Waals surface area contributed by atoms with Gasteiger partial charge in [0.1, 0.15) is 0 Å². The van der Waals surface area contributed by atoms with E-state index in [1.54, 1.807) is 6.92 Å². The SMILES string of the molecule is CCN(CCCC(=O)NCCc1ccccc1)C(=O)O. The minimum absolute atomic E-state index is 0.0256. The fraction of sp³-hybridized carbons (Fsp3) is 0.467. The van der Waals surface area contributed by atoms with E-state index < -0.39 is 6.09 Å². The number of carboxylic acid groups (broad SMARTS) is 1. The van der Waals surface area contributed by atoms with E-state index in [1.165, 1.54) is 10.5 Å². The van der Waals surface area contributed by atoms with Gasteiger partial charge in [-0.05, 0) is 25.3 Å². The van der Waals surface area contributed by atoms with E-state index in [1.807, 2.05) is 30.3 Å². The maximum Gasteiger partial charge on any atom is 0.407 e. The molecule has 2 N–H and O–H groups in total. The third-order valence-corrected chi connectivity index (χ3v) is 3.06. The molecular formula is C15H22N2O3. The lowest BCUT2D eigenvalue weighted by Crippen LogP contribution is -2.31. The third kappa shape index (κ3) is 6.22. The highest BCUT2D eigenvalue weighted by atomic mass is 16.4. The van der Waals surface area contributed by atoms with Gasteiger partial charge in [-0.3, -0.25) is 4.79 Å². The monoisotopic (exact) mass is 278 g/mol. The van der Waals surface area contributed by atoms with Gasteiger partial charge in [0.2, 0.25) is 5.91 Å².